The first-order chi connectivity index (χ1) is 31.0. The van der Waals surface area contributed by atoms with Gasteiger partial charge in [0.25, 0.3) is 0 Å². The molecule has 3 aromatic rings. The van der Waals surface area contributed by atoms with Gasteiger partial charge in [0.05, 0.1) is 71.6 Å². The number of likely N-dealkylation sites (tertiary alicyclic amines) is 1. The molecule has 0 aliphatic carbocycles. The van der Waals surface area contributed by atoms with Gasteiger partial charge in [-0.15, -0.1) is 0 Å². The number of ether oxygens (including phenoxy) is 2. The Kier molecular flexibility index (Phi) is 18.4. The van der Waals surface area contributed by atoms with Crippen LogP contribution in [-0.4, -0.2) is 167 Å². The molecule has 0 bridgehead atoms. The molecular formula is C45H55F3N6O11. The van der Waals surface area contributed by atoms with Crippen molar-refractivity contribution in [2.45, 2.75) is 44.9 Å². The monoisotopic (exact) mass is 912 g/mol. The molecule has 65 heavy (non-hydrogen) atoms. The average molecular weight is 913 g/mol. The van der Waals surface area contributed by atoms with Crippen molar-refractivity contribution in [2.24, 2.45) is 0 Å². The fraction of sp³-hybridized carbons (Fsp3) is 0.444. The summed E-state index contributed by atoms with van der Waals surface area (Å²) in [5.41, 5.74) is 2.62. The third-order valence-electron chi connectivity index (χ3n) is 10.8. The molecule has 2 aliphatic heterocycles. The molecule has 352 valence electrons. The van der Waals surface area contributed by atoms with E-state index < -0.39 is 67.2 Å². The highest BCUT2D eigenvalue weighted by molar-refractivity contribution is 5.79. The zero-order valence-corrected chi connectivity index (χ0v) is 36.0. The summed E-state index contributed by atoms with van der Waals surface area (Å²) in [4.78, 5) is 67.0. The summed E-state index contributed by atoms with van der Waals surface area (Å²) in [5.74, 6) is -4.93. The maximum Gasteiger partial charge on any atom is 0.417 e. The van der Waals surface area contributed by atoms with Gasteiger partial charge < -0.3 is 35.2 Å². The number of alkyl halides is 3. The van der Waals surface area contributed by atoms with E-state index in [1.165, 1.54) is 31.7 Å². The number of benzene rings is 3. The molecule has 5 N–H and O–H groups in total. The molecule has 0 spiro atoms. The quantitative estimate of drug-likeness (QED) is 0.0752. The fourth-order valence-corrected chi connectivity index (χ4v) is 8.02. The van der Waals surface area contributed by atoms with Gasteiger partial charge in [0.1, 0.15) is 18.4 Å². The highest BCUT2D eigenvalue weighted by atomic mass is 19.4. The lowest BCUT2D eigenvalue weighted by molar-refractivity contribution is -0.146. The number of carbonyl (C=O) groups is 5. The van der Waals surface area contributed by atoms with Crippen LogP contribution >= 0.6 is 0 Å². The molecule has 2 heterocycles. The van der Waals surface area contributed by atoms with E-state index in [-0.39, 0.29) is 83.0 Å². The van der Waals surface area contributed by atoms with E-state index in [2.05, 4.69) is 5.32 Å². The van der Waals surface area contributed by atoms with E-state index in [0.717, 1.165) is 28.3 Å². The Bertz CT molecular complexity index is 2130. The van der Waals surface area contributed by atoms with Gasteiger partial charge in [-0.1, -0.05) is 67.1 Å². The Morgan fingerprint density at radius 1 is 0.738 bits per heavy atom. The van der Waals surface area contributed by atoms with Gasteiger partial charge in [-0.05, 0) is 66.3 Å². The largest absolute Gasteiger partial charge is 0.491 e. The number of hydrogen-bond acceptors (Lipinski definition) is 12. The van der Waals surface area contributed by atoms with Crippen LogP contribution in [0.1, 0.15) is 47.1 Å². The van der Waals surface area contributed by atoms with Gasteiger partial charge in [0.15, 0.2) is 0 Å². The van der Waals surface area contributed by atoms with Gasteiger partial charge >= 0.3 is 30.1 Å². The van der Waals surface area contributed by atoms with Crippen LogP contribution in [0, 0.1) is 6.92 Å². The minimum Gasteiger partial charge on any atom is -0.491 e. The molecular weight excluding hydrogens is 858 g/mol. The van der Waals surface area contributed by atoms with Gasteiger partial charge in [-0.3, -0.25) is 48.5 Å². The molecule has 2 aliphatic rings. The van der Waals surface area contributed by atoms with E-state index in [4.69, 9.17) is 9.47 Å². The maximum absolute atomic E-state index is 14.8. The molecule has 2 saturated heterocycles. The van der Waals surface area contributed by atoms with Crippen LogP contribution in [0.25, 0.3) is 23.3 Å². The minimum atomic E-state index is -4.75. The summed E-state index contributed by atoms with van der Waals surface area (Å²) in [6.45, 7) is 0.0993. The normalized spacial score (nSPS) is 17.4. The standard InChI is InChI=1S/C45H55F3N6O11/c1-31-32(10-7-11-36(31)33-8-3-2-4-9-33)13-14-34-21-39(35(20-37(34)45(46,47)48)22-54-16-6-5-12-38(54)44(62)63)65-19-18-64-17-15-49-40(55)23-50-27-51(24-41(56)57)29-53(26-43(60)61)30-52(28-50)25-42(58)59/h2-4,7-11,13-14,20-21,38H,5-6,12,15-19,22-30H2,1H3,(H,49,55)(H,56,57)(H,58,59)(H,60,61)(H,62,63)/b14-13+/t38-/m0/s1. The summed E-state index contributed by atoms with van der Waals surface area (Å²) >= 11 is 0. The summed E-state index contributed by atoms with van der Waals surface area (Å²) in [7, 11) is 0. The first-order valence-electron chi connectivity index (χ1n) is 21.0. The minimum absolute atomic E-state index is 0.0127. The molecule has 0 radical (unpaired) electrons. The first kappa shape index (κ1) is 50.1. The zero-order valence-electron chi connectivity index (χ0n) is 36.0. The van der Waals surface area contributed by atoms with Crippen LogP contribution in [0.5, 0.6) is 5.75 Å². The molecule has 1 amide bonds. The molecule has 5 rings (SSSR count). The van der Waals surface area contributed by atoms with E-state index in [1.54, 1.807) is 11.0 Å². The van der Waals surface area contributed by atoms with Crippen molar-refractivity contribution in [1.82, 2.24) is 29.8 Å². The second kappa shape index (κ2) is 23.9. The lowest BCUT2D eigenvalue weighted by Crippen LogP contribution is -2.58. The molecule has 0 unspecified atom stereocenters. The van der Waals surface area contributed by atoms with Crippen LogP contribution in [0.4, 0.5) is 13.2 Å². The van der Waals surface area contributed by atoms with Crippen LogP contribution in [0.15, 0.2) is 60.7 Å². The zero-order chi connectivity index (χ0) is 47.1. The molecule has 1 atom stereocenters. The average Bonchev–Trinajstić information content (AvgIpc) is 3.22. The number of carbonyl (C=O) groups excluding carboxylic acids is 1. The number of nitrogens with zero attached hydrogens (tertiary/aromatic N) is 5. The summed E-state index contributed by atoms with van der Waals surface area (Å²) in [6.07, 6.45) is 0.00624. The number of halogens is 3. The molecule has 20 heteroatoms. The fourth-order valence-electron chi connectivity index (χ4n) is 8.02. The number of amides is 1. The van der Waals surface area contributed by atoms with Crippen molar-refractivity contribution in [3.05, 3.63) is 88.5 Å². The van der Waals surface area contributed by atoms with Crippen molar-refractivity contribution in [3.8, 4) is 16.9 Å². The van der Waals surface area contributed by atoms with Crippen LogP contribution in [0.3, 0.4) is 0 Å². The second-order valence-corrected chi connectivity index (χ2v) is 16.0. The van der Waals surface area contributed by atoms with E-state index >= 15 is 0 Å². The van der Waals surface area contributed by atoms with Crippen LogP contribution in [0.2, 0.25) is 0 Å². The summed E-state index contributed by atoms with van der Waals surface area (Å²) in [5, 5.41) is 40.8. The number of hydrogen-bond donors (Lipinski definition) is 5. The number of piperidine rings is 1. The summed E-state index contributed by atoms with van der Waals surface area (Å²) in [6, 6.07) is 16.7. The lowest BCUT2D eigenvalue weighted by atomic mass is 9.95. The van der Waals surface area contributed by atoms with Gasteiger partial charge in [0, 0.05) is 18.7 Å². The van der Waals surface area contributed by atoms with Gasteiger partial charge in [-0.25, -0.2) is 0 Å². The summed E-state index contributed by atoms with van der Waals surface area (Å²) < 4.78 is 56.0. The van der Waals surface area contributed by atoms with E-state index in [0.29, 0.717) is 25.8 Å². The molecule has 17 nitrogen and oxygen atoms in total. The Morgan fingerprint density at radius 2 is 1.34 bits per heavy atom. The Morgan fingerprint density at radius 3 is 1.92 bits per heavy atom. The van der Waals surface area contributed by atoms with Gasteiger partial charge in [-0.2, -0.15) is 13.2 Å². The molecule has 0 aromatic heterocycles. The highest BCUT2D eigenvalue weighted by Crippen LogP contribution is 2.38. The second-order valence-electron chi connectivity index (χ2n) is 16.0. The van der Waals surface area contributed by atoms with Crippen LogP contribution < -0.4 is 10.1 Å². The Labute approximate surface area is 374 Å². The molecule has 2 fully saturated rings. The number of aliphatic carboxylic acids is 4. The van der Waals surface area contributed by atoms with Crippen molar-refractivity contribution < 1.29 is 67.0 Å². The third-order valence-corrected chi connectivity index (χ3v) is 10.8. The van der Waals surface area contributed by atoms with Crippen molar-refractivity contribution >= 4 is 41.9 Å². The number of carboxylic acids is 4. The Balaban J connectivity index is 1.25. The van der Waals surface area contributed by atoms with E-state index in [9.17, 15) is 57.6 Å². The Hall–Kier alpha value is -5.90. The van der Waals surface area contributed by atoms with Crippen molar-refractivity contribution in [3.63, 3.8) is 0 Å². The predicted molar refractivity (Wildman–Crippen MR) is 231 cm³/mol. The first-order valence-corrected chi connectivity index (χ1v) is 21.0. The maximum atomic E-state index is 14.8. The highest BCUT2D eigenvalue weighted by Gasteiger charge is 2.36. The van der Waals surface area contributed by atoms with Crippen molar-refractivity contribution in [1.29, 1.82) is 0 Å². The van der Waals surface area contributed by atoms with Gasteiger partial charge in [0.2, 0.25) is 5.91 Å². The van der Waals surface area contributed by atoms with Crippen LogP contribution in [-0.2, 0) is 41.4 Å². The smallest absolute Gasteiger partial charge is 0.417 e. The SMILES string of the molecule is Cc1c(/C=C/c2cc(OCCOCCNC(=O)CN3CN(CC(=O)O)CN(CC(=O)O)CN(CC(=O)O)C3)c(CN3CCCC[C@H]3C(=O)O)cc2C(F)(F)F)cccc1-c1ccccc1. The molecule has 3 aromatic carbocycles. The third kappa shape index (κ3) is 15.6. The molecule has 0 saturated carbocycles. The number of rotatable bonds is 21. The number of carboxylic acid groups (broad SMARTS) is 4. The lowest BCUT2D eigenvalue weighted by Gasteiger charge is -2.40. The predicted octanol–water partition coefficient (Wildman–Crippen LogP) is 4.11. The number of nitrogens with one attached hydrogen (secondary N) is 1. The van der Waals surface area contributed by atoms with Crippen molar-refractivity contribution in [2.75, 3.05) is 85.8 Å². The van der Waals surface area contributed by atoms with E-state index in [1.807, 2.05) is 55.5 Å². The topological polar surface area (TPSA) is 213 Å².